The number of aromatic nitrogens is 2. The van der Waals surface area contributed by atoms with Crippen molar-refractivity contribution in [3.8, 4) is 0 Å². The van der Waals surface area contributed by atoms with Crippen LogP contribution < -0.4 is 5.32 Å². The zero-order valence-electron chi connectivity index (χ0n) is 14.3. The van der Waals surface area contributed by atoms with Gasteiger partial charge >= 0.3 is 0 Å². The smallest absolute Gasteiger partial charge is 0.0951 e. The van der Waals surface area contributed by atoms with Crippen molar-refractivity contribution in [3.63, 3.8) is 0 Å². The molecule has 2 heterocycles. The Morgan fingerprint density at radius 1 is 1.38 bits per heavy atom. The Morgan fingerprint density at radius 3 is 2.71 bits per heavy atom. The average molecular weight is 293 g/mol. The van der Waals surface area contributed by atoms with E-state index in [0.29, 0.717) is 6.04 Å². The van der Waals surface area contributed by atoms with Crippen molar-refractivity contribution in [1.29, 1.82) is 0 Å². The molecular weight excluding hydrogens is 262 g/mol. The van der Waals surface area contributed by atoms with Crippen molar-refractivity contribution in [1.82, 2.24) is 14.9 Å². The maximum atomic E-state index is 6.10. The Balaban J connectivity index is 2.10. The fourth-order valence-electron chi connectivity index (χ4n) is 3.14. The largest absolute Gasteiger partial charge is 0.375 e. The molecule has 1 aliphatic heterocycles. The van der Waals surface area contributed by atoms with Gasteiger partial charge in [-0.05, 0) is 46.5 Å². The second-order valence-electron chi connectivity index (χ2n) is 7.28. The summed E-state index contributed by atoms with van der Waals surface area (Å²) in [6.07, 6.45) is 8.34. The van der Waals surface area contributed by atoms with E-state index in [1.165, 1.54) is 5.69 Å². The molecular formula is C17H31N3O. The van der Waals surface area contributed by atoms with Gasteiger partial charge in [-0.25, -0.2) is 4.98 Å². The molecule has 1 saturated heterocycles. The highest BCUT2D eigenvalue weighted by Gasteiger charge is 2.35. The summed E-state index contributed by atoms with van der Waals surface area (Å²) in [6, 6.07) is 0.512. The van der Waals surface area contributed by atoms with E-state index in [0.717, 1.165) is 38.8 Å². The van der Waals surface area contributed by atoms with Crippen LogP contribution in [0.4, 0.5) is 0 Å². The molecule has 4 nitrogen and oxygen atoms in total. The van der Waals surface area contributed by atoms with Crippen molar-refractivity contribution in [2.45, 2.75) is 84.0 Å². The topological polar surface area (TPSA) is 39.1 Å². The highest BCUT2D eigenvalue weighted by atomic mass is 16.5. The van der Waals surface area contributed by atoms with Crippen LogP contribution in [-0.4, -0.2) is 27.3 Å². The monoisotopic (exact) mass is 293 g/mol. The first-order valence-electron chi connectivity index (χ1n) is 8.29. The molecule has 1 atom stereocenters. The summed E-state index contributed by atoms with van der Waals surface area (Å²) in [5.41, 5.74) is 1.46. The summed E-state index contributed by atoms with van der Waals surface area (Å²) < 4.78 is 8.46. The van der Waals surface area contributed by atoms with Crippen LogP contribution in [0.15, 0.2) is 12.5 Å². The number of nitrogens with one attached hydrogen (secondary N) is 1. The van der Waals surface area contributed by atoms with Crippen molar-refractivity contribution < 1.29 is 4.74 Å². The molecule has 1 unspecified atom stereocenters. The van der Waals surface area contributed by atoms with Crippen LogP contribution in [0.2, 0.25) is 0 Å². The summed E-state index contributed by atoms with van der Waals surface area (Å²) >= 11 is 0. The molecule has 0 bridgehead atoms. The van der Waals surface area contributed by atoms with Gasteiger partial charge in [0.15, 0.2) is 0 Å². The maximum absolute atomic E-state index is 6.10. The summed E-state index contributed by atoms with van der Waals surface area (Å²) in [7, 11) is 0. The van der Waals surface area contributed by atoms with Crippen LogP contribution >= 0.6 is 0 Å². The first-order valence-corrected chi connectivity index (χ1v) is 8.29. The third-order valence-electron chi connectivity index (χ3n) is 4.70. The lowest BCUT2D eigenvalue weighted by Gasteiger charge is -2.41. The highest BCUT2D eigenvalue weighted by molar-refractivity contribution is 5.03. The van der Waals surface area contributed by atoms with Gasteiger partial charge in [0.25, 0.3) is 0 Å². The molecule has 0 spiro atoms. The summed E-state index contributed by atoms with van der Waals surface area (Å²) in [4.78, 5) is 4.38. The van der Waals surface area contributed by atoms with Crippen LogP contribution in [0.3, 0.4) is 0 Å². The number of rotatable bonds is 5. The molecule has 0 radical (unpaired) electrons. The first-order chi connectivity index (χ1) is 9.89. The van der Waals surface area contributed by atoms with Crippen LogP contribution in [0.25, 0.3) is 0 Å². The lowest BCUT2D eigenvalue weighted by Crippen LogP contribution is -2.40. The van der Waals surface area contributed by atoms with Gasteiger partial charge in [0, 0.05) is 30.9 Å². The zero-order chi connectivity index (χ0) is 15.5. The van der Waals surface area contributed by atoms with E-state index in [-0.39, 0.29) is 11.1 Å². The Kier molecular flexibility index (Phi) is 5.10. The SMILES string of the molecule is CCC1(CC)CC(n2cncc2CNC(C)(C)C)CCO1. The van der Waals surface area contributed by atoms with Crippen LogP contribution in [0.5, 0.6) is 0 Å². The summed E-state index contributed by atoms with van der Waals surface area (Å²) in [5.74, 6) is 0. The molecule has 0 amide bonds. The van der Waals surface area contributed by atoms with Crippen molar-refractivity contribution >= 4 is 0 Å². The fourth-order valence-corrected chi connectivity index (χ4v) is 3.14. The van der Waals surface area contributed by atoms with Gasteiger partial charge in [-0.3, -0.25) is 0 Å². The fraction of sp³-hybridized carbons (Fsp3) is 0.824. The van der Waals surface area contributed by atoms with Crippen LogP contribution in [0.1, 0.15) is 72.0 Å². The molecule has 1 aromatic heterocycles. The van der Waals surface area contributed by atoms with E-state index in [2.05, 4.69) is 49.5 Å². The minimum atomic E-state index is 0.0575. The number of hydrogen-bond acceptors (Lipinski definition) is 3. The van der Waals surface area contributed by atoms with E-state index >= 15 is 0 Å². The molecule has 0 saturated carbocycles. The van der Waals surface area contributed by atoms with Gasteiger partial charge in [-0.1, -0.05) is 13.8 Å². The number of nitrogens with zero attached hydrogens (tertiary/aromatic N) is 2. The zero-order valence-corrected chi connectivity index (χ0v) is 14.3. The van der Waals surface area contributed by atoms with E-state index in [4.69, 9.17) is 4.74 Å². The van der Waals surface area contributed by atoms with Crippen LogP contribution in [0, 0.1) is 0 Å². The lowest BCUT2D eigenvalue weighted by molar-refractivity contribution is -0.0990. The standard InChI is InChI=1S/C17H31N3O/c1-6-17(7-2)10-14(8-9-21-17)20-13-18-11-15(20)12-19-16(3,4)5/h11,13-14,19H,6-10,12H2,1-5H3. The third kappa shape index (κ3) is 4.07. The van der Waals surface area contributed by atoms with Gasteiger partial charge in [0.05, 0.1) is 17.6 Å². The van der Waals surface area contributed by atoms with E-state index in [1.807, 2.05) is 12.5 Å². The van der Waals surface area contributed by atoms with Crippen molar-refractivity contribution in [2.24, 2.45) is 0 Å². The quantitative estimate of drug-likeness (QED) is 0.900. The molecule has 1 N–H and O–H groups in total. The molecule has 0 aromatic carbocycles. The first kappa shape index (κ1) is 16.5. The summed E-state index contributed by atoms with van der Waals surface area (Å²) in [5, 5.41) is 3.56. The van der Waals surface area contributed by atoms with Gasteiger partial charge in [0.2, 0.25) is 0 Å². The Hall–Kier alpha value is -0.870. The number of hydrogen-bond donors (Lipinski definition) is 1. The second kappa shape index (κ2) is 6.49. The third-order valence-corrected chi connectivity index (χ3v) is 4.70. The molecule has 1 aliphatic rings. The van der Waals surface area contributed by atoms with Crippen molar-refractivity contribution in [2.75, 3.05) is 6.61 Å². The number of imidazole rings is 1. The van der Waals surface area contributed by atoms with Gasteiger partial charge < -0.3 is 14.6 Å². The molecule has 4 heteroatoms. The van der Waals surface area contributed by atoms with E-state index in [9.17, 15) is 0 Å². The molecule has 1 aromatic rings. The minimum Gasteiger partial charge on any atom is -0.375 e. The van der Waals surface area contributed by atoms with Crippen LogP contribution in [-0.2, 0) is 11.3 Å². The molecule has 120 valence electrons. The summed E-state index contributed by atoms with van der Waals surface area (Å²) in [6.45, 7) is 12.8. The van der Waals surface area contributed by atoms with E-state index < -0.39 is 0 Å². The van der Waals surface area contributed by atoms with Gasteiger partial charge in [0.1, 0.15) is 0 Å². The molecule has 2 rings (SSSR count). The van der Waals surface area contributed by atoms with Gasteiger partial charge in [-0.15, -0.1) is 0 Å². The maximum Gasteiger partial charge on any atom is 0.0951 e. The Labute approximate surface area is 129 Å². The Bertz CT molecular complexity index is 443. The van der Waals surface area contributed by atoms with E-state index in [1.54, 1.807) is 0 Å². The van der Waals surface area contributed by atoms with Gasteiger partial charge in [-0.2, -0.15) is 0 Å². The predicted octanol–water partition coefficient (Wildman–Crippen LogP) is 3.68. The highest BCUT2D eigenvalue weighted by Crippen LogP contribution is 2.37. The Morgan fingerprint density at radius 2 is 2.10 bits per heavy atom. The lowest BCUT2D eigenvalue weighted by atomic mass is 9.85. The average Bonchev–Trinajstić information content (AvgIpc) is 2.93. The number of ether oxygens (including phenoxy) is 1. The molecule has 0 aliphatic carbocycles. The predicted molar refractivity (Wildman–Crippen MR) is 86.4 cm³/mol. The molecule has 1 fully saturated rings. The van der Waals surface area contributed by atoms with Crippen molar-refractivity contribution in [3.05, 3.63) is 18.2 Å². The second-order valence-corrected chi connectivity index (χ2v) is 7.28. The normalized spacial score (nSPS) is 22.4. The molecule has 21 heavy (non-hydrogen) atoms. The minimum absolute atomic E-state index is 0.0575.